The number of nitrogens with zero attached hydrogens (tertiary/aromatic N) is 2. The molecule has 0 aliphatic heterocycles. The van der Waals surface area contributed by atoms with Crippen molar-refractivity contribution in [1.29, 1.82) is 0 Å². The van der Waals surface area contributed by atoms with Gasteiger partial charge in [0.1, 0.15) is 0 Å². The van der Waals surface area contributed by atoms with Gasteiger partial charge < -0.3 is 0 Å². The third-order valence-corrected chi connectivity index (χ3v) is 9.22. The highest BCUT2D eigenvalue weighted by atomic mass is 14.7. The van der Waals surface area contributed by atoms with E-state index in [9.17, 15) is 0 Å². The van der Waals surface area contributed by atoms with Crippen molar-refractivity contribution < 1.29 is 0 Å². The minimum Gasteiger partial charge on any atom is -0.256 e. The molecule has 0 saturated carbocycles. The summed E-state index contributed by atoms with van der Waals surface area (Å²) in [5, 5.41) is 0. The standard InChI is InChI=1S/C44H36N2/c1-29-23-25-45-43(31(29)3)37-19-15-35(16-20-37)41-27-40(34-13-9-6-10-14-34)42(28-39(41)33-11-7-5-8-12-33)36-17-21-38(22-18-36)44-32(4)30(2)24-26-46-44/h5-28H,1-4H3. The Kier molecular flexibility index (Phi) is 7.86. The van der Waals surface area contributed by atoms with E-state index in [1.807, 2.05) is 12.4 Å². The number of aryl methyl sites for hydroxylation is 2. The van der Waals surface area contributed by atoms with Gasteiger partial charge in [-0.3, -0.25) is 9.97 Å². The van der Waals surface area contributed by atoms with Crippen molar-refractivity contribution in [3.63, 3.8) is 0 Å². The number of aromatic nitrogens is 2. The van der Waals surface area contributed by atoms with Gasteiger partial charge in [-0.05, 0) is 119 Å². The van der Waals surface area contributed by atoms with Crippen molar-refractivity contribution in [2.45, 2.75) is 27.7 Å². The zero-order valence-electron chi connectivity index (χ0n) is 26.8. The average Bonchev–Trinajstić information content (AvgIpc) is 3.11. The van der Waals surface area contributed by atoms with Gasteiger partial charge in [0, 0.05) is 23.5 Å². The number of benzene rings is 5. The number of hydrogen-bond acceptors (Lipinski definition) is 2. The molecule has 2 heterocycles. The van der Waals surface area contributed by atoms with Crippen molar-refractivity contribution >= 4 is 0 Å². The molecule has 0 N–H and O–H groups in total. The van der Waals surface area contributed by atoms with Gasteiger partial charge in [0.2, 0.25) is 0 Å². The Hall–Kier alpha value is -5.60. The van der Waals surface area contributed by atoms with Crippen molar-refractivity contribution in [3.8, 4) is 67.0 Å². The van der Waals surface area contributed by atoms with Crippen LogP contribution in [0.5, 0.6) is 0 Å². The van der Waals surface area contributed by atoms with Gasteiger partial charge in [0.15, 0.2) is 0 Å². The van der Waals surface area contributed by atoms with Crippen molar-refractivity contribution in [2.24, 2.45) is 0 Å². The second-order valence-corrected chi connectivity index (χ2v) is 12.0. The largest absolute Gasteiger partial charge is 0.256 e. The van der Waals surface area contributed by atoms with Crippen LogP contribution in [-0.2, 0) is 0 Å². The maximum absolute atomic E-state index is 4.71. The third-order valence-electron chi connectivity index (χ3n) is 9.22. The topological polar surface area (TPSA) is 25.8 Å². The van der Waals surface area contributed by atoms with Crippen molar-refractivity contribution in [2.75, 3.05) is 0 Å². The fraction of sp³-hybridized carbons (Fsp3) is 0.0909. The Morgan fingerprint density at radius 1 is 0.326 bits per heavy atom. The van der Waals surface area contributed by atoms with E-state index in [-0.39, 0.29) is 0 Å². The van der Waals surface area contributed by atoms with Crippen LogP contribution in [0.3, 0.4) is 0 Å². The molecule has 46 heavy (non-hydrogen) atoms. The van der Waals surface area contributed by atoms with E-state index in [0.29, 0.717) is 0 Å². The molecule has 0 spiro atoms. The van der Waals surface area contributed by atoms with Gasteiger partial charge in [-0.25, -0.2) is 0 Å². The van der Waals surface area contributed by atoms with Crippen LogP contribution in [0, 0.1) is 27.7 Å². The van der Waals surface area contributed by atoms with E-state index in [0.717, 1.165) is 22.5 Å². The Morgan fingerprint density at radius 3 is 0.978 bits per heavy atom. The fourth-order valence-corrected chi connectivity index (χ4v) is 6.25. The first-order valence-electron chi connectivity index (χ1n) is 15.8. The van der Waals surface area contributed by atoms with Gasteiger partial charge in [0.05, 0.1) is 11.4 Å². The molecule has 2 aromatic heterocycles. The number of pyridine rings is 2. The van der Waals surface area contributed by atoms with E-state index >= 15 is 0 Å². The van der Waals surface area contributed by atoms with Crippen LogP contribution < -0.4 is 0 Å². The summed E-state index contributed by atoms with van der Waals surface area (Å²) in [6, 6.07) is 48.1. The minimum atomic E-state index is 1.04. The second kappa shape index (κ2) is 12.4. The van der Waals surface area contributed by atoms with Gasteiger partial charge in [-0.1, -0.05) is 109 Å². The Labute approximate surface area is 272 Å². The van der Waals surface area contributed by atoms with E-state index in [1.54, 1.807) is 0 Å². The zero-order valence-corrected chi connectivity index (χ0v) is 26.8. The second-order valence-electron chi connectivity index (χ2n) is 12.0. The third kappa shape index (κ3) is 5.55. The van der Waals surface area contributed by atoms with Gasteiger partial charge in [-0.15, -0.1) is 0 Å². The van der Waals surface area contributed by atoms with E-state index in [4.69, 9.17) is 9.97 Å². The Morgan fingerprint density at radius 2 is 0.630 bits per heavy atom. The fourth-order valence-electron chi connectivity index (χ4n) is 6.25. The predicted octanol–water partition coefficient (Wildman–Crippen LogP) is 11.7. The molecule has 7 rings (SSSR count). The summed E-state index contributed by atoms with van der Waals surface area (Å²) in [5.74, 6) is 0. The van der Waals surface area contributed by atoms with Crippen molar-refractivity contribution in [3.05, 3.63) is 168 Å². The zero-order chi connectivity index (χ0) is 31.6. The Bertz CT molecular complexity index is 1990. The monoisotopic (exact) mass is 592 g/mol. The summed E-state index contributed by atoms with van der Waals surface area (Å²) in [7, 11) is 0. The molecule has 5 aromatic carbocycles. The molecule has 2 heteroatoms. The van der Waals surface area contributed by atoms with Crippen LogP contribution >= 0.6 is 0 Å². The molecule has 0 bridgehead atoms. The summed E-state index contributed by atoms with van der Waals surface area (Å²) < 4.78 is 0. The van der Waals surface area contributed by atoms with E-state index in [2.05, 4.69) is 161 Å². The lowest BCUT2D eigenvalue weighted by Crippen LogP contribution is -1.94. The summed E-state index contributed by atoms with van der Waals surface area (Å²) in [6.07, 6.45) is 3.80. The van der Waals surface area contributed by atoms with E-state index in [1.165, 1.54) is 66.8 Å². The molecule has 0 amide bonds. The minimum absolute atomic E-state index is 1.04. The maximum atomic E-state index is 4.71. The lowest BCUT2D eigenvalue weighted by molar-refractivity contribution is 1.22. The summed E-state index contributed by atoms with van der Waals surface area (Å²) >= 11 is 0. The molecule has 0 saturated heterocycles. The lowest BCUT2D eigenvalue weighted by Gasteiger charge is -2.19. The predicted molar refractivity (Wildman–Crippen MR) is 194 cm³/mol. The normalized spacial score (nSPS) is 11.0. The number of rotatable bonds is 6. The van der Waals surface area contributed by atoms with Gasteiger partial charge in [-0.2, -0.15) is 0 Å². The highest BCUT2D eigenvalue weighted by Crippen LogP contribution is 2.43. The van der Waals surface area contributed by atoms with Gasteiger partial charge >= 0.3 is 0 Å². The van der Waals surface area contributed by atoms with E-state index < -0.39 is 0 Å². The summed E-state index contributed by atoms with van der Waals surface area (Å²) in [4.78, 5) is 9.41. The van der Waals surface area contributed by atoms with Crippen LogP contribution in [0.2, 0.25) is 0 Å². The first kappa shape index (κ1) is 29.1. The first-order valence-corrected chi connectivity index (χ1v) is 15.8. The molecule has 2 nitrogen and oxygen atoms in total. The van der Waals surface area contributed by atoms with Crippen LogP contribution in [0.15, 0.2) is 146 Å². The molecular weight excluding hydrogens is 556 g/mol. The molecule has 0 atom stereocenters. The smallest absolute Gasteiger partial charge is 0.0733 e. The molecule has 0 aliphatic rings. The van der Waals surface area contributed by atoms with Crippen molar-refractivity contribution in [1.82, 2.24) is 9.97 Å². The molecule has 222 valence electrons. The first-order chi connectivity index (χ1) is 22.5. The molecular formula is C44H36N2. The van der Waals surface area contributed by atoms with Crippen LogP contribution in [-0.4, -0.2) is 9.97 Å². The van der Waals surface area contributed by atoms with Crippen LogP contribution in [0.1, 0.15) is 22.3 Å². The quantitative estimate of drug-likeness (QED) is 0.192. The lowest BCUT2D eigenvalue weighted by atomic mass is 9.85. The molecule has 0 aliphatic carbocycles. The maximum Gasteiger partial charge on any atom is 0.0733 e. The molecule has 0 fully saturated rings. The molecule has 0 unspecified atom stereocenters. The molecule has 0 radical (unpaired) electrons. The highest BCUT2D eigenvalue weighted by molar-refractivity contribution is 5.95. The van der Waals surface area contributed by atoms with Crippen LogP contribution in [0.4, 0.5) is 0 Å². The SMILES string of the molecule is Cc1ccnc(-c2ccc(-c3cc(-c4ccccc4)c(-c4ccc(-c5nccc(C)c5C)cc4)cc3-c3ccccc3)cc2)c1C. The van der Waals surface area contributed by atoms with Gasteiger partial charge in [0.25, 0.3) is 0 Å². The summed E-state index contributed by atoms with van der Waals surface area (Å²) in [6.45, 7) is 8.58. The Balaban J connectivity index is 1.40. The molecule has 7 aromatic rings. The van der Waals surface area contributed by atoms with Crippen LogP contribution in [0.25, 0.3) is 67.0 Å². The average molecular weight is 593 g/mol. The number of hydrogen-bond donors (Lipinski definition) is 0. The highest BCUT2D eigenvalue weighted by Gasteiger charge is 2.17. The summed E-state index contributed by atoms with van der Waals surface area (Å²) in [5.41, 5.74) is 18.8.